The normalized spacial score (nSPS) is 14.2. The van der Waals surface area contributed by atoms with Crippen molar-refractivity contribution in [1.29, 1.82) is 0 Å². The zero-order valence-electron chi connectivity index (χ0n) is 10.1. The van der Waals surface area contributed by atoms with Gasteiger partial charge in [0.2, 0.25) is 11.6 Å². The second kappa shape index (κ2) is 4.97. The van der Waals surface area contributed by atoms with Crippen molar-refractivity contribution in [3.63, 3.8) is 0 Å². The van der Waals surface area contributed by atoms with Crippen molar-refractivity contribution < 1.29 is 23.9 Å². The molecular formula is C14H10O5. The molecule has 0 unspecified atom stereocenters. The van der Waals surface area contributed by atoms with Crippen LogP contribution >= 0.6 is 0 Å². The quantitative estimate of drug-likeness (QED) is 0.597. The Kier molecular flexibility index (Phi) is 3.37. The number of hydrogen-bond donors (Lipinski definition) is 0. The third-order valence-corrected chi connectivity index (χ3v) is 2.65. The average Bonchev–Trinajstić information content (AvgIpc) is 2.41. The predicted octanol–water partition coefficient (Wildman–Crippen LogP) is 1.12. The highest BCUT2D eigenvalue weighted by atomic mass is 16.5. The van der Waals surface area contributed by atoms with E-state index in [4.69, 9.17) is 4.74 Å². The molecule has 96 valence electrons. The van der Waals surface area contributed by atoms with E-state index in [9.17, 15) is 19.2 Å². The molecule has 0 N–H and O–H groups in total. The standard InChI is InChI=1S/C14H10O5/c1-8(16)7-19-14-11(6-15)12(17)9-4-2-3-5-10(9)13(14)18/h2-6H,7H2,1H3. The fourth-order valence-corrected chi connectivity index (χ4v) is 1.80. The van der Waals surface area contributed by atoms with Crippen molar-refractivity contribution in [2.24, 2.45) is 0 Å². The van der Waals surface area contributed by atoms with Gasteiger partial charge in [-0.3, -0.25) is 19.2 Å². The topological polar surface area (TPSA) is 77.5 Å². The van der Waals surface area contributed by atoms with Crippen molar-refractivity contribution >= 4 is 23.6 Å². The van der Waals surface area contributed by atoms with Crippen LogP contribution in [-0.2, 0) is 14.3 Å². The molecule has 1 aliphatic carbocycles. The van der Waals surface area contributed by atoms with E-state index in [0.717, 1.165) is 0 Å². The average molecular weight is 258 g/mol. The molecule has 0 saturated heterocycles. The van der Waals surface area contributed by atoms with Crippen molar-refractivity contribution in [3.8, 4) is 0 Å². The highest BCUT2D eigenvalue weighted by Crippen LogP contribution is 2.25. The lowest BCUT2D eigenvalue weighted by Gasteiger charge is -2.17. The molecule has 1 aromatic rings. The van der Waals surface area contributed by atoms with E-state index in [1.165, 1.54) is 19.1 Å². The summed E-state index contributed by atoms with van der Waals surface area (Å²) in [6.45, 7) is 0.929. The van der Waals surface area contributed by atoms with Crippen LogP contribution < -0.4 is 0 Å². The number of hydrogen-bond acceptors (Lipinski definition) is 5. The Balaban J connectivity index is 2.51. The van der Waals surface area contributed by atoms with Crippen molar-refractivity contribution in [2.75, 3.05) is 6.61 Å². The van der Waals surface area contributed by atoms with Gasteiger partial charge >= 0.3 is 0 Å². The Morgan fingerprint density at radius 1 is 1.16 bits per heavy atom. The Bertz CT molecular complexity index is 624. The summed E-state index contributed by atoms with van der Waals surface area (Å²) < 4.78 is 5.02. The maximum atomic E-state index is 12.1. The van der Waals surface area contributed by atoms with Gasteiger partial charge in [0, 0.05) is 11.1 Å². The SMILES string of the molecule is CC(=O)COC1=C(C=O)C(=O)c2ccccc2C1=O. The van der Waals surface area contributed by atoms with E-state index < -0.39 is 11.6 Å². The number of benzene rings is 1. The lowest BCUT2D eigenvalue weighted by Crippen LogP contribution is -2.25. The Morgan fingerprint density at radius 3 is 2.26 bits per heavy atom. The number of ketones is 3. The lowest BCUT2D eigenvalue weighted by molar-refractivity contribution is -0.120. The largest absolute Gasteiger partial charge is 0.481 e. The molecule has 0 aliphatic heterocycles. The first-order valence-electron chi connectivity index (χ1n) is 5.56. The molecule has 0 saturated carbocycles. The van der Waals surface area contributed by atoms with E-state index >= 15 is 0 Å². The fourth-order valence-electron chi connectivity index (χ4n) is 1.80. The highest BCUT2D eigenvalue weighted by Gasteiger charge is 2.33. The van der Waals surface area contributed by atoms with Crippen molar-refractivity contribution in [3.05, 3.63) is 46.7 Å². The first-order chi connectivity index (χ1) is 9.06. The van der Waals surface area contributed by atoms with Crippen LogP contribution in [0.5, 0.6) is 0 Å². The maximum absolute atomic E-state index is 12.1. The van der Waals surface area contributed by atoms with Crippen LogP contribution in [0.2, 0.25) is 0 Å². The number of allylic oxidation sites excluding steroid dienone is 2. The minimum Gasteiger partial charge on any atom is -0.481 e. The molecule has 0 spiro atoms. The number of ether oxygens (including phenoxy) is 1. The number of rotatable bonds is 4. The van der Waals surface area contributed by atoms with Crippen LogP contribution in [0.3, 0.4) is 0 Å². The van der Waals surface area contributed by atoms with E-state index in [1.807, 2.05) is 0 Å². The van der Waals surface area contributed by atoms with E-state index in [2.05, 4.69) is 0 Å². The van der Waals surface area contributed by atoms with Gasteiger partial charge in [-0.1, -0.05) is 24.3 Å². The van der Waals surface area contributed by atoms with Crippen LogP contribution in [-0.4, -0.2) is 30.2 Å². The van der Waals surface area contributed by atoms with Crippen LogP contribution in [0.4, 0.5) is 0 Å². The third-order valence-electron chi connectivity index (χ3n) is 2.65. The van der Waals surface area contributed by atoms with Gasteiger partial charge in [-0.05, 0) is 6.92 Å². The molecule has 2 rings (SSSR count). The van der Waals surface area contributed by atoms with Gasteiger partial charge in [0.1, 0.15) is 12.2 Å². The summed E-state index contributed by atoms with van der Waals surface area (Å²) in [5.74, 6) is -1.78. The molecule has 0 bridgehead atoms. The Hall–Kier alpha value is -2.56. The molecule has 1 aromatic carbocycles. The summed E-state index contributed by atoms with van der Waals surface area (Å²) >= 11 is 0. The van der Waals surface area contributed by atoms with Crippen molar-refractivity contribution in [1.82, 2.24) is 0 Å². The molecule has 19 heavy (non-hydrogen) atoms. The molecule has 0 radical (unpaired) electrons. The smallest absolute Gasteiger partial charge is 0.229 e. The minimum atomic E-state index is -0.566. The van der Waals surface area contributed by atoms with E-state index in [-0.39, 0.29) is 41.1 Å². The van der Waals surface area contributed by atoms with Gasteiger partial charge in [-0.25, -0.2) is 0 Å². The minimum absolute atomic E-state index is 0.171. The maximum Gasteiger partial charge on any atom is 0.229 e. The van der Waals surface area contributed by atoms with Gasteiger partial charge in [0.05, 0.1) is 0 Å². The number of fused-ring (bicyclic) bond motifs is 1. The highest BCUT2D eigenvalue weighted by molar-refractivity contribution is 6.32. The second-order valence-corrected chi connectivity index (χ2v) is 4.06. The number of aldehydes is 1. The fraction of sp³-hybridized carbons (Fsp3) is 0.143. The van der Waals surface area contributed by atoms with E-state index in [0.29, 0.717) is 0 Å². The zero-order chi connectivity index (χ0) is 14.0. The summed E-state index contributed by atoms with van der Waals surface area (Å²) in [4.78, 5) is 46.0. The summed E-state index contributed by atoms with van der Waals surface area (Å²) in [6, 6.07) is 6.17. The lowest BCUT2D eigenvalue weighted by atomic mass is 9.89. The molecule has 0 atom stereocenters. The monoisotopic (exact) mass is 258 g/mol. The molecule has 0 amide bonds. The van der Waals surface area contributed by atoms with Gasteiger partial charge in [-0.15, -0.1) is 0 Å². The molecule has 0 aromatic heterocycles. The van der Waals surface area contributed by atoms with Gasteiger partial charge < -0.3 is 4.74 Å². The van der Waals surface area contributed by atoms with Crippen LogP contribution in [0, 0.1) is 0 Å². The van der Waals surface area contributed by atoms with Gasteiger partial charge in [0.15, 0.2) is 17.8 Å². The summed E-state index contributed by atoms with van der Waals surface area (Å²) in [7, 11) is 0. The Labute approximate surface area is 108 Å². The number of Topliss-reactive ketones (excluding diaryl/α,β-unsaturated/α-hetero) is 3. The summed E-state index contributed by atoms with van der Waals surface area (Å²) in [5.41, 5.74) is 0.00590. The second-order valence-electron chi connectivity index (χ2n) is 4.06. The number of carbonyl (C=O) groups excluding carboxylic acids is 4. The molecule has 0 heterocycles. The third kappa shape index (κ3) is 2.22. The van der Waals surface area contributed by atoms with Crippen LogP contribution in [0.25, 0.3) is 0 Å². The molecule has 5 nitrogen and oxygen atoms in total. The summed E-state index contributed by atoms with van der Waals surface area (Å²) in [5, 5.41) is 0. The molecular weight excluding hydrogens is 248 g/mol. The Morgan fingerprint density at radius 2 is 1.74 bits per heavy atom. The van der Waals surface area contributed by atoms with Crippen molar-refractivity contribution in [2.45, 2.75) is 6.92 Å². The molecule has 5 heteroatoms. The predicted molar refractivity (Wildman–Crippen MR) is 64.8 cm³/mol. The van der Waals surface area contributed by atoms with Crippen LogP contribution in [0.15, 0.2) is 35.6 Å². The van der Waals surface area contributed by atoms with Gasteiger partial charge in [0.25, 0.3) is 0 Å². The molecule has 0 fully saturated rings. The van der Waals surface area contributed by atoms with E-state index in [1.54, 1.807) is 12.1 Å². The number of carbonyl (C=O) groups is 4. The first-order valence-corrected chi connectivity index (χ1v) is 5.56. The summed E-state index contributed by atoms with van der Waals surface area (Å²) in [6.07, 6.45) is 0.283. The molecule has 1 aliphatic rings. The van der Waals surface area contributed by atoms with Crippen LogP contribution in [0.1, 0.15) is 27.6 Å². The zero-order valence-corrected chi connectivity index (χ0v) is 10.1. The van der Waals surface area contributed by atoms with Gasteiger partial charge in [-0.2, -0.15) is 0 Å². The first kappa shape index (κ1) is 12.9.